The van der Waals surface area contributed by atoms with E-state index in [1.807, 2.05) is 0 Å². The summed E-state index contributed by atoms with van der Waals surface area (Å²) in [5.41, 5.74) is 11.6. The molecule has 0 spiro atoms. The molecular weight excluding hydrogens is 270 g/mol. The summed E-state index contributed by atoms with van der Waals surface area (Å²) in [6.45, 7) is 3.96. The van der Waals surface area contributed by atoms with Crippen molar-refractivity contribution in [3.63, 3.8) is 0 Å². The van der Waals surface area contributed by atoms with Crippen LogP contribution in [0.5, 0.6) is 0 Å². The van der Waals surface area contributed by atoms with Crippen LogP contribution in [0.4, 0.5) is 5.69 Å². The Morgan fingerprint density at radius 2 is 2.06 bits per heavy atom. The second-order valence-electron chi connectivity index (χ2n) is 4.66. The van der Waals surface area contributed by atoms with E-state index in [-0.39, 0.29) is 10.9 Å². The highest BCUT2D eigenvalue weighted by Crippen LogP contribution is 2.22. The van der Waals surface area contributed by atoms with E-state index in [0.29, 0.717) is 17.1 Å². The van der Waals surface area contributed by atoms with Crippen molar-refractivity contribution in [2.24, 2.45) is 16.9 Å². The van der Waals surface area contributed by atoms with Crippen LogP contribution in [0.2, 0.25) is 5.02 Å². The van der Waals surface area contributed by atoms with Gasteiger partial charge in [-0.25, -0.2) is 0 Å². The first-order valence-corrected chi connectivity index (χ1v) is 6.16. The molecule has 1 amide bonds. The number of amides is 1. The van der Waals surface area contributed by atoms with E-state index in [9.17, 15) is 4.79 Å². The van der Waals surface area contributed by atoms with Crippen LogP contribution in [-0.2, 0) is 4.79 Å². The van der Waals surface area contributed by atoms with Gasteiger partial charge in [0, 0.05) is 17.8 Å². The third-order valence-electron chi connectivity index (χ3n) is 2.64. The summed E-state index contributed by atoms with van der Waals surface area (Å²) in [5, 5.41) is 3.58. The van der Waals surface area contributed by atoms with Gasteiger partial charge in [0.05, 0.1) is 10.4 Å². The SMILES string of the molecule is CC(C)(CNc1ccc(C(N)=S)c(Cl)c1)C(N)=O. The average molecular weight is 286 g/mol. The van der Waals surface area contributed by atoms with Crippen molar-refractivity contribution in [3.8, 4) is 0 Å². The Bertz CT molecular complexity index is 488. The summed E-state index contributed by atoms with van der Waals surface area (Å²) < 4.78 is 0. The van der Waals surface area contributed by atoms with Crippen LogP contribution in [0.15, 0.2) is 18.2 Å². The van der Waals surface area contributed by atoms with Crippen molar-refractivity contribution in [1.82, 2.24) is 0 Å². The molecule has 1 aromatic rings. The van der Waals surface area contributed by atoms with Crippen LogP contribution in [0.1, 0.15) is 19.4 Å². The molecule has 18 heavy (non-hydrogen) atoms. The number of hydrogen-bond donors (Lipinski definition) is 3. The number of rotatable bonds is 5. The number of halogens is 1. The van der Waals surface area contributed by atoms with Crippen molar-refractivity contribution >= 4 is 40.4 Å². The predicted octanol–water partition coefficient (Wildman–Crippen LogP) is 1.90. The zero-order chi connectivity index (χ0) is 13.9. The zero-order valence-electron chi connectivity index (χ0n) is 10.3. The molecular formula is C12H16ClN3OS. The second kappa shape index (κ2) is 5.54. The van der Waals surface area contributed by atoms with E-state index in [2.05, 4.69) is 5.32 Å². The van der Waals surface area contributed by atoms with Crippen LogP contribution >= 0.6 is 23.8 Å². The van der Waals surface area contributed by atoms with Gasteiger partial charge in [0.25, 0.3) is 0 Å². The lowest BCUT2D eigenvalue weighted by Crippen LogP contribution is -2.37. The summed E-state index contributed by atoms with van der Waals surface area (Å²) in [4.78, 5) is 11.4. The third-order valence-corrected chi connectivity index (χ3v) is 3.17. The molecule has 98 valence electrons. The highest BCUT2D eigenvalue weighted by Gasteiger charge is 2.24. The van der Waals surface area contributed by atoms with E-state index in [1.165, 1.54) is 0 Å². The summed E-state index contributed by atoms with van der Waals surface area (Å²) in [7, 11) is 0. The first-order chi connectivity index (χ1) is 8.24. The molecule has 0 radical (unpaired) electrons. The second-order valence-corrected chi connectivity index (χ2v) is 5.51. The molecule has 0 fully saturated rings. The number of anilines is 1. The number of thiocarbonyl (C=S) groups is 1. The van der Waals surface area contributed by atoms with Crippen LogP contribution in [0.3, 0.4) is 0 Å². The molecule has 0 saturated carbocycles. The molecule has 0 unspecified atom stereocenters. The molecule has 0 atom stereocenters. The van der Waals surface area contributed by atoms with Gasteiger partial charge in [-0.15, -0.1) is 0 Å². The van der Waals surface area contributed by atoms with Gasteiger partial charge >= 0.3 is 0 Å². The summed E-state index contributed by atoms with van der Waals surface area (Å²) >= 11 is 10.9. The third kappa shape index (κ3) is 3.58. The first kappa shape index (κ1) is 14.7. The quantitative estimate of drug-likeness (QED) is 0.722. The smallest absolute Gasteiger partial charge is 0.224 e. The maximum absolute atomic E-state index is 11.2. The Balaban J connectivity index is 2.79. The van der Waals surface area contributed by atoms with E-state index in [4.69, 9.17) is 35.3 Å². The van der Waals surface area contributed by atoms with Crippen LogP contribution < -0.4 is 16.8 Å². The lowest BCUT2D eigenvalue weighted by Gasteiger charge is -2.21. The van der Waals surface area contributed by atoms with Gasteiger partial charge in [0.2, 0.25) is 5.91 Å². The zero-order valence-corrected chi connectivity index (χ0v) is 11.9. The van der Waals surface area contributed by atoms with Crippen LogP contribution in [0, 0.1) is 5.41 Å². The van der Waals surface area contributed by atoms with E-state index >= 15 is 0 Å². The highest BCUT2D eigenvalue weighted by atomic mass is 35.5. The summed E-state index contributed by atoms with van der Waals surface area (Å²) in [5.74, 6) is -0.360. The van der Waals surface area contributed by atoms with Gasteiger partial charge in [0.15, 0.2) is 0 Å². The number of nitrogens with one attached hydrogen (secondary N) is 1. The van der Waals surface area contributed by atoms with Crippen LogP contribution in [0.25, 0.3) is 0 Å². The highest BCUT2D eigenvalue weighted by molar-refractivity contribution is 7.80. The fourth-order valence-electron chi connectivity index (χ4n) is 1.24. The minimum absolute atomic E-state index is 0.254. The van der Waals surface area contributed by atoms with Gasteiger partial charge in [-0.2, -0.15) is 0 Å². The molecule has 1 rings (SSSR count). The maximum atomic E-state index is 11.2. The average Bonchev–Trinajstić information content (AvgIpc) is 2.25. The maximum Gasteiger partial charge on any atom is 0.224 e. The van der Waals surface area contributed by atoms with E-state index < -0.39 is 5.41 Å². The molecule has 1 aromatic carbocycles. The van der Waals surface area contributed by atoms with Gasteiger partial charge in [-0.05, 0) is 32.0 Å². The predicted molar refractivity (Wildman–Crippen MR) is 78.8 cm³/mol. The fraction of sp³-hybridized carbons (Fsp3) is 0.333. The largest absolute Gasteiger partial charge is 0.389 e. The molecule has 0 aliphatic carbocycles. The lowest BCUT2D eigenvalue weighted by molar-refractivity contribution is -0.125. The molecule has 0 aliphatic rings. The van der Waals surface area contributed by atoms with Crippen molar-refractivity contribution in [3.05, 3.63) is 28.8 Å². The molecule has 6 heteroatoms. The first-order valence-electron chi connectivity index (χ1n) is 5.37. The summed E-state index contributed by atoms with van der Waals surface area (Å²) in [6, 6.07) is 5.26. The Morgan fingerprint density at radius 3 is 2.50 bits per heavy atom. The Kier molecular flexibility index (Phi) is 4.53. The Morgan fingerprint density at radius 1 is 1.44 bits per heavy atom. The minimum Gasteiger partial charge on any atom is -0.389 e. The van der Waals surface area contributed by atoms with Crippen molar-refractivity contribution in [2.45, 2.75) is 13.8 Å². The van der Waals surface area contributed by atoms with Gasteiger partial charge in [-0.3, -0.25) is 4.79 Å². The number of benzene rings is 1. The Hall–Kier alpha value is -1.33. The normalized spacial score (nSPS) is 11.1. The monoisotopic (exact) mass is 285 g/mol. The summed E-state index contributed by atoms with van der Waals surface area (Å²) in [6.07, 6.45) is 0. The van der Waals surface area contributed by atoms with Crippen molar-refractivity contribution in [2.75, 3.05) is 11.9 Å². The number of carbonyl (C=O) groups is 1. The van der Waals surface area contributed by atoms with Crippen LogP contribution in [-0.4, -0.2) is 17.4 Å². The molecule has 0 aliphatic heterocycles. The van der Waals surface area contributed by atoms with Crippen molar-refractivity contribution < 1.29 is 4.79 Å². The molecule has 5 N–H and O–H groups in total. The number of nitrogens with two attached hydrogens (primary N) is 2. The van der Waals surface area contributed by atoms with Gasteiger partial charge in [0.1, 0.15) is 4.99 Å². The van der Waals surface area contributed by atoms with Gasteiger partial charge in [-0.1, -0.05) is 23.8 Å². The number of primary amides is 1. The number of hydrogen-bond acceptors (Lipinski definition) is 3. The van der Waals surface area contributed by atoms with Gasteiger partial charge < -0.3 is 16.8 Å². The number of carbonyl (C=O) groups excluding carboxylic acids is 1. The molecule has 0 bridgehead atoms. The Labute approximate surface area is 117 Å². The minimum atomic E-state index is -0.631. The molecule has 0 aromatic heterocycles. The molecule has 4 nitrogen and oxygen atoms in total. The topological polar surface area (TPSA) is 81.1 Å². The lowest BCUT2D eigenvalue weighted by atomic mass is 9.92. The standard InChI is InChI=1S/C12H16ClN3OS/c1-12(2,11(15)17)6-16-7-3-4-8(10(14)18)9(13)5-7/h3-5,16H,6H2,1-2H3,(H2,14,18)(H2,15,17). The van der Waals surface area contributed by atoms with Crippen molar-refractivity contribution in [1.29, 1.82) is 0 Å². The van der Waals surface area contributed by atoms with E-state index in [1.54, 1.807) is 32.0 Å². The van der Waals surface area contributed by atoms with E-state index in [0.717, 1.165) is 5.69 Å². The molecule has 0 saturated heterocycles. The fourth-order valence-corrected chi connectivity index (χ4v) is 1.75. The molecule has 0 heterocycles.